The van der Waals surface area contributed by atoms with E-state index in [4.69, 9.17) is 14.2 Å². The molecule has 0 bridgehead atoms. The predicted octanol–water partition coefficient (Wildman–Crippen LogP) is 19.2. The Morgan fingerprint density at radius 3 is 0.910 bits per heavy atom. The van der Waals surface area contributed by atoms with Gasteiger partial charge in [-0.15, -0.1) is 0 Å². The zero-order chi connectivity index (χ0) is 48.6. The molecule has 0 aliphatic rings. The number of carbonyl (C=O) groups is 3. The molecular formula is C61H108O6. The first-order valence-electron chi connectivity index (χ1n) is 28.8. The highest BCUT2D eigenvalue weighted by molar-refractivity contribution is 5.71. The van der Waals surface area contributed by atoms with Crippen LogP contribution >= 0.6 is 0 Å². The van der Waals surface area contributed by atoms with Crippen LogP contribution in [0, 0.1) is 0 Å². The van der Waals surface area contributed by atoms with Crippen molar-refractivity contribution in [3.63, 3.8) is 0 Å². The zero-order valence-electron chi connectivity index (χ0n) is 44.4. The number of hydrogen-bond donors (Lipinski definition) is 0. The van der Waals surface area contributed by atoms with Crippen LogP contribution in [-0.4, -0.2) is 37.2 Å². The molecule has 0 saturated carbocycles. The molecule has 0 N–H and O–H groups in total. The Balaban J connectivity index is 4.29. The highest BCUT2D eigenvalue weighted by Crippen LogP contribution is 2.16. The van der Waals surface area contributed by atoms with Gasteiger partial charge in [-0.05, 0) is 64.2 Å². The molecule has 0 saturated heterocycles. The zero-order valence-corrected chi connectivity index (χ0v) is 44.4. The molecule has 1 unspecified atom stereocenters. The fourth-order valence-corrected chi connectivity index (χ4v) is 8.24. The van der Waals surface area contributed by atoms with E-state index in [9.17, 15) is 14.4 Å². The Morgan fingerprint density at radius 2 is 0.582 bits per heavy atom. The molecule has 0 spiro atoms. The van der Waals surface area contributed by atoms with Gasteiger partial charge >= 0.3 is 17.9 Å². The van der Waals surface area contributed by atoms with E-state index < -0.39 is 6.10 Å². The van der Waals surface area contributed by atoms with E-state index in [1.54, 1.807) is 0 Å². The number of allylic oxidation sites excluding steroid dienone is 10. The largest absolute Gasteiger partial charge is 0.462 e. The lowest BCUT2D eigenvalue weighted by Gasteiger charge is -2.18. The summed E-state index contributed by atoms with van der Waals surface area (Å²) < 4.78 is 16.8. The third-order valence-electron chi connectivity index (χ3n) is 12.5. The minimum Gasteiger partial charge on any atom is -0.462 e. The summed E-state index contributed by atoms with van der Waals surface area (Å²) in [6.45, 7) is 6.52. The summed E-state index contributed by atoms with van der Waals surface area (Å²) in [5.74, 6) is -0.886. The van der Waals surface area contributed by atoms with Crippen LogP contribution in [0.15, 0.2) is 60.8 Å². The summed E-state index contributed by atoms with van der Waals surface area (Å²) in [4.78, 5) is 38.0. The van der Waals surface area contributed by atoms with E-state index in [0.717, 1.165) is 109 Å². The lowest BCUT2D eigenvalue weighted by molar-refractivity contribution is -0.167. The SMILES string of the molecule is CC/C=C\C/C=C\C/C=C\C/C=C\C/C=C\CCCCCCCC(=O)OCC(COC(=O)CCCCCCCCCCC)OC(=O)CCCCCCCCCCCCCCCCCCCCC. The van der Waals surface area contributed by atoms with Crippen LogP contribution in [0.4, 0.5) is 0 Å². The molecule has 0 amide bonds. The summed E-state index contributed by atoms with van der Waals surface area (Å²) in [7, 11) is 0. The normalized spacial score (nSPS) is 12.5. The van der Waals surface area contributed by atoms with Crippen LogP contribution in [-0.2, 0) is 28.6 Å². The standard InChI is InChI=1S/C61H108O6/c1-4-7-10-13-16-19-21-23-25-27-29-30-32-33-35-37-39-42-45-48-51-54-60(63)66-57-58(56-65-59(62)53-50-47-44-41-18-15-12-9-6-3)67-61(64)55-52-49-46-43-40-38-36-34-31-28-26-24-22-20-17-14-11-8-5-2/h7,10,16,19,23,25,29-30,33,35,58H,4-6,8-9,11-15,17-18,20-22,24,26-28,31-32,34,36-57H2,1-3H3/b10-7-,19-16-,25-23-,30-29-,35-33-. The van der Waals surface area contributed by atoms with E-state index in [2.05, 4.69) is 81.5 Å². The molecule has 6 nitrogen and oxygen atoms in total. The van der Waals surface area contributed by atoms with Gasteiger partial charge in [0, 0.05) is 19.3 Å². The average molecular weight is 938 g/mol. The topological polar surface area (TPSA) is 78.9 Å². The Hall–Kier alpha value is -2.89. The number of esters is 3. The van der Waals surface area contributed by atoms with Gasteiger partial charge in [0.2, 0.25) is 0 Å². The van der Waals surface area contributed by atoms with Crippen molar-refractivity contribution in [2.75, 3.05) is 13.2 Å². The molecule has 67 heavy (non-hydrogen) atoms. The van der Waals surface area contributed by atoms with E-state index >= 15 is 0 Å². The van der Waals surface area contributed by atoms with E-state index in [1.165, 1.54) is 141 Å². The van der Waals surface area contributed by atoms with Crippen LogP contribution in [0.5, 0.6) is 0 Å². The molecule has 0 fully saturated rings. The molecule has 1 atom stereocenters. The minimum absolute atomic E-state index is 0.0770. The molecule has 0 heterocycles. The van der Waals surface area contributed by atoms with Gasteiger partial charge in [-0.1, -0.05) is 268 Å². The molecule has 0 radical (unpaired) electrons. The van der Waals surface area contributed by atoms with Gasteiger partial charge in [-0.25, -0.2) is 0 Å². The molecule has 0 aliphatic heterocycles. The summed E-state index contributed by atoms with van der Waals surface area (Å²) in [6.07, 6.45) is 69.3. The summed E-state index contributed by atoms with van der Waals surface area (Å²) >= 11 is 0. The van der Waals surface area contributed by atoms with Crippen LogP contribution in [0.25, 0.3) is 0 Å². The second-order valence-electron chi connectivity index (χ2n) is 19.2. The van der Waals surface area contributed by atoms with Crippen LogP contribution in [0.1, 0.15) is 290 Å². The van der Waals surface area contributed by atoms with Crippen molar-refractivity contribution in [1.29, 1.82) is 0 Å². The first kappa shape index (κ1) is 64.1. The monoisotopic (exact) mass is 937 g/mol. The first-order valence-corrected chi connectivity index (χ1v) is 28.8. The van der Waals surface area contributed by atoms with Crippen molar-refractivity contribution in [1.82, 2.24) is 0 Å². The van der Waals surface area contributed by atoms with Gasteiger partial charge in [-0.3, -0.25) is 14.4 Å². The lowest BCUT2D eigenvalue weighted by atomic mass is 10.0. The summed E-state index contributed by atoms with van der Waals surface area (Å²) in [5, 5.41) is 0. The summed E-state index contributed by atoms with van der Waals surface area (Å²) in [5.41, 5.74) is 0. The smallest absolute Gasteiger partial charge is 0.306 e. The lowest BCUT2D eigenvalue weighted by Crippen LogP contribution is -2.30. The second-order valence-corrected chi connectivity index (χ2v) is 19.2. The van der Waals surface area contributed by atoms with Crippen LogP contribution < -0.4 is 0 Å². The molecule has 6 heteroatoms. The van der Waals surface area contributed by atoms with Crippen molar-refractivity contribution in [2.24, 2.45) is 0 Å². The van der Waals surface area contributed by atoms with Gasteiger partial charge in [0.25, 0.3) is 0 Å². The Labute approximate surface area is 415 Å². The summed E-state index contributed by atoms with van der Waals surface area (Å²) in [6, 6.07) is 0. The van der Waals surface area contributed by atoms with Crippen molar-refractivity contribution < 1.29 is 28.6 Å². The number of hydrogen-bond acceptors (Lipinski definition) is 6. The fourth-order valence-electron chi connectivity index (χ4n) is 8.24. The maximum Gasteiger partial charge on any atom is 0.306 e. The van der Waals surface area contributed by atoms with Gasteiger partial charge < -0.3 is 14.2 Å². The molecular weight excluding hydrogens is 829 g/mol. The van der Waals surface area contributed by atoms with Crippen molar-refractivity contribution in [2.45, 2.75) is 297 Å². The second kappa shape index (κ2) is 55.7. The minimum atomic E-state index is -0.778. The maximum absolute atomic E-state index is 12.8. The number of carbonyl (C=O) groups excluding carboxylic acids is 3. The molecule has 388 valence electrons. The van der Waals surface area contributed by atoms with Crippen molar-refractivity contribution in [3.8, 4) is 0 Å². The van der Waals surface area contributed by atoms with E-state index in [0.29, 0.717) is 19.3 Å². The third-order valence-corrected chi connectivity index (χ3v) is 12.5. The Kier molecular flexibility index (Phi) is 53.3. The number of ether oxygens (including phenoxy) is 3. The Morgan fingerprint density at radius 1 is 0.313 bits per heavy atom. The third kappa shape index (κ3) is 53.9. The van der Waals surface area contributed by atoms with Crippen molar-refractivity contribution >= 4 is 17.9 Å². The highest BCUT2D eigenvalue weighted by atomic mass is 16.6. The quantitative estimate of drug-likeness (QED) is 0.0262. The molecule has 0 aromatic carbocycles. The van der Waals surface area contributed by atoms with E-state index in [1.807, 2.05) is 0 Å². The predicted molar refractivity (Wildman–Crippen MR) is 288 cm³/mol. The highest BCUT2D eigenvalue weighted by Gasteiger charge is 2.19. The fraction of sp³-hybridized carbons (Fsp3) is 0.787. The van der Waals surface area contributed by atoms with Gasteiger partial charge in [0.15, 0.2) is 6.10 Å². The molecule has 0 aromatic heterocycles. The van der Waals surface area contributed by atoms with Gasteiger partial charge in [0.1, 0.15) is 13.2 Å². The molecule has 0 aromatic rings. The van der Waals surface area contributed by atoms with Crippen molar-refractivity contribution in [3.05, 3.63) is 60.8 Å². The maximum atomic E-state index is 12.8. The Bertz CT molecular complexity index is 1210. The number of rotatable bonds is 52. The van der Waals surface area contributed by atoms with Gasteiger partial charge in [0.05, 0.1) is 0 Å². The molecule has 0 aliphatic carbocycles. The van der Waals surface area contributed by atoms with Crippen LogP contribution in [0.2, 0.25) is 0 Å². The van der Waals surface area contributed by atoms with Gasteiger partial charge in [-0.2, -0.15) is 0 Å². The first-order chi connectivity index (χ1) is 33.0. The van der Waals surface area contributed by atoms with E-state index in [-0.39, 0.29) is 31.1 Å². The van der Waals surface area contributed by atoms with Crippen LogP contribution in [0.3, 0.4) is 0 Å². The average Bonchev–Trinajstić information content (AvgIpc) is 3.33. The molecule has 0 rings (SSSR count). The number of unbranched alkanes of at least 4 members (excludes halogenated alkanes) is 31.